The Hall–Kier alpha value is -2.19. The monoisotopic (exact) mass is 447 g/mol. The molecule has 2 saturated heterocycles. The molecule has 168 valence electrons. The normalized spacial score (nSPS) is 20.9. The van der Waals surface area contributed by atoms with E-state index in [0.29, 0.717) is 18.2 Å². The molecule has 0 bridgehead atoms. The Balaban J connectivity index is 1.19. The molecule has 1 aromatic heterocycles. The van der Waals surface area contributed by atoms with Gasteiger partial charge in [-0.05, 0) is 61.8 Å². The molecule has 2 fully saturated rings. The highest BCUT2D eigenvalue weighted by Gasteiger charge is 2.26. The number of halogens is 2. The smallest absolute Gasteiger partial charge is 0.191 e. The van der Waals surface area contributed by atoms with Gasteiger partial charge in [-0.2, -0.15) is 0 Å². The summed E-state index contributed by atoms with van der Waals surface area (Å²) in [5, 5.41) is 9.09. The zero-order valence-electron chi connectivity index (χ0n) is 18.0. The molecule has 1 atom stereocenters. The highest BCUT2D eigenvalue weighted by Crippen LogP contribution is 2.24. The number of guanidine groups is 1. The van der Waals surface area contributed by atoms with Crippen LogP contribution in [0.1, 0.15) is 24.1 Å². The van der Waals surface area contributed by atoms with Crippen molar-refractivity contribution in [2.75, 3.05) is 44.7 Å². The topological polar surface area (TPSA) is 42.9 Å². The van der Waals surface area contributed by atoms with Crippen LogP contribution >= 0.6 is 11.3 Å². The summed E-state index contributed by atoms with van der Waals surface area (Å²) in [6, 6.07) is 8.29. The van der Waals surface area contributed by atoms with E-state index in [1.165, 1.54) is 29.9 Å². The lowest BCUT2D eigenvalue weighted by molar-refractivity contribution is 0.179. The first-order valence-electron chi connectivity index (χ1n) is 11.0. The molecule has 0 radical (unpaired) electrons. The van der Waals surface area contributed by atoms with Gasteiger partial charge in [-0.3, -0.25) is 9.89 Å². The van der Waals surface area contributed by atoms with Crippen molar-refractivity contribution in [3.8, 4) is 0 Å². The summed E-state index contributed by atoms with van der Waals surface area (Å²) in [6.45, 7) is 5.65. The number of likely N-dealkylation sites (tertiary alicyclic amines) is 1. The van der Waals surface area contributed by atoms with Crippen LogP contribution in [0.3, 0.4) is 0 Å². The Morgan fingerprint density at radius 2 is 2.00 bits per heavy atom. The van der Waals surface area contributed by atoms with Crippen molar-refractivity contribution >= 4 is 23.0 Å². The van der Waals surface area contributed by atoms with Gasteiger partial charge in [-0.1, -0.05) is 6.07 Å². The molecule has 0 amide bonds. The maximum absolute atomic E-state index is 14.1. The van der Waals surface area contributed by atoms with Crippen molar-refractivity contribution in [3.05, 3.63) is 52.2 Å². The van der Waals surface area contributed by atoms with Gasteiger partial charge in [0.05, 0.1) is 5.69 Å². The molecule has 0 spiro atoms. The number of hydrogen-bond donors (Lipinski definition) is 2. The third kappa shape index (κ3) is 5.95. The Labute approximate surface area is 187 Å². The average Bonchev–Trinajstić information content (AvgIpc) is 3.44. The van der Waals surface area contributed by atoms with Gasteiger partial charge in [0, 0.05) is 50.2 Å². The Bertz CT molecular complexity index is 865. The van der Waals surface area contributed by atoms with E-state index >= 15 is 0 Å². The van der Waals surface area contributed by atoms with Crippen molar-refractivity contribution in [1.29, 1.82) is 0 Å². The fraction of sp³-hybridized carbons (Fsp3) is 0.522. The number of rotatable bonds is 6. The molecule has 8 heteroatoms. The summed E-state index contributed by atoms with van der Waals surface area (Å²) in [5.41, 5.74) is 0.461. The van der Waals surface area contributed by atoms with Crippen molar-refractivity contribution in [2.45, 2.75) is 31.8 Å². The standard InChI is InChI=1S/C23H31F2N5S/c1-26-23(27-14-17-6-9-29(10-7-17)16-20-3-2-12-31-20)28-19-8-11-30(15-19)22-5-4-18(24)13-21(22)25/h2-5,12-13,17,19H,6-11,14-16H2,1H3,(H2,26,27,28). The first-order chi connectivity index (χ1) is 15.1. The molecule has 2 aliphatic heterocycles. The van der Waals surface area contributed by atoms with E-state index in [1.807, 2.05) is 16.2 Å². The number of piperidine rings is 1. The Kier molecular flexibility index (Phi) is 7.40. The quantitative estimate of drug-likeness (QED) is 0.524. The molecule has 0 saturated carbocycles. The van der Waals surface area contributed by atoms with Crippen molar-refractivity contribution in [2.24, 2.45) is 10.9 Å². The van der Waals surface area contributed by atoms with Crippen LogP contribution in [0, 0.1) is 17.6 Å². The molecular formula is C23H31F2N5S. The molecule has 2 aliphatic rings. The third-order valence-corrected chi connectivity index (χ3v) is 7.09. The van der Waals surface area contributed by atoms with Crippen LogP contribution in [-0.2, 0) is 6.54 Å². The summed E-state index contributed by atoms with van der Waals surface area (Å²) in [6.07, 6.45) is 3.27. The second-order valence-corrected chi connectivity index (χ2v) is 9.46. The van der Waals surface area contributed by atoms with Crippen molar-refractivity contribution < 1.29 is 8.78 Å². The Morgan fingerprint density at radius 3 is 2.71 bits per heavy atom. The van der Waals surface area contributed by atoms with Crippen LogP contribution in [0.2, 0.25) is 0 Å². The first-order valence-corrected chi connectivity index (χ1v) is 11.9. The number of nitrogens with one attached hydrogen (secondary N) is 2. The van der Waals surface area contributed by atoms with Gasteiger partial charge in [0.1, 0.15) is 11.6 Å². The van der Waals surface area contributed by atoms with E-state index < -0.39 is 11.6 Å². The van der Waals surface area contributed by atoms with Crippen LogP contribution in [0.5, 0.6) is 0 Å². The lowest BCUT2D eigenvalue weighted by Gasteiger charge is -2.32. The van der Waals surface area contributed by atoms with Crippen molar-refractivity contribution in [3.63, 3.8) is 0 Å². The minimum atomic E-state index is -0.544. The zero-order valence-corrected chi connectivity index (χ0v) is 18.8. The van der Waals surface area contributed by atoms with Crippen molar-refractivity contribution in [1.82, 2.24) is 15.5 Å². The number of aliphatic imine (C=N–C) groups is 1. The van der Waals surface area contributed by atoms with Gasteiger partial charge in [0.2, 0.25) is 0 Å². The molecule has 1 aromatic carbocycles. The fourth-order valence-corrected chi connectivity index (χ4v) is 5.18. The minimum absolute atomic E-state index is 0.184. The highest BCUT2D eigenvalue weighted by molar-refractivity contribution is 7.09. The summed E-state index contributed by atoms with van der Waals surface area (Å²) >= 11 is 1.83. The first kappa shape index (κ1) is 22.0. The van der Waals surface area contributed by atoms with E-state index in [-0.39, 0.29) is 6.04 Å². The number of nitrogens with zero attached hydrogens (tertiary/aromatic N) is 3. The average molecular weight is 448 g/mol. The fourth-order valence-electron chi connectivity index (χ4n) is 4.44. The second kappa shape index (κ2) is 10.4. The maximum atomic E-state index is 14.1. The summed E-state index contributed by atoms with van der Waals surface area (Å²) in [7, 11) is 1.78. The SMILES string of the molecule is CN=C(NCC1CCN(Cc2cccs2)CC1)NC1CCN(c2ccc(F)cc2F)C1. The molecule has 0 aliphatic carbocycles. The van der Waals surface area contributed by atoms with Gasteiger partial charge in [0.25, 0.3) is 0 Å². The van der Waals surface area contributed by atoms with Gasteiger partial charge in [-0.15, -0.1) is 11.3 Å². The Morgan fingerprint density at radius 1 is 1.16 bits per heavy atom. The molecule has 5 nitrogen and oxygen atoms in total. The van der Waals surface area contributed by atoms with Gasteiger partial charge in [-0.25, -0.2) is 8.78 Å². The molecular weight excluding hydrogens is 416 g/mol. The predicted molar refractivity (Wildman–Crippen MR) is 124 cm³/mol. The van der Waals surface area contributed by atoms with Gasteiger partial charge < -0.3 is 15.5 Å². The maximum Gasteiger partial charge on any atom is 0.191 e. The minimum Gasteiger partial charge on any atom is -0.367 e. The van der Waals surface area contributed by atoms with Crippen LogP contribution in [0.25, 0.3) is 0 Å². The molecule has 2 aromatic rings. The number of anilines is 1. The lowest BCUT2D eigenvalue weighted by Crippen LogP contribution is -2.47. The summed E-state index contributed by atoms with van der Waals surface area (Å²) in [5.74, 6) is 0.393. The van der Waals surface area contributed by atoms with E-state index in [4.69, 9.17) is 0 Å². The highest BCUT2D eigenvalue weighted by atomic mass is 32.1. The van der Waals surface area contributed by atoms with E-state index in [2.05, 4.69) is 38.0 Å². The van der Waals surface area contributed by atoms with E-state index in [9.17, 15) is 8.78 Å². The van der Waals surface area contributed by atoms with Crippen LogP contribution in [-0.4, -0.2) is 56.7 Å². The van der Waals surface area contributed by atoms with Gasteiger partial charge in [0.15, 0.2) is 5.96 Å². The second-order valence-electron chi connectivity index (χ2n) is 8.42. The molecule has 1 unspecified atom stereocenters. The molecule has 31 heavy (non-hydrogen) atoms. The van der Waals surface area contributed by atoms with Gasteiger partial charge >= 0.3 is 0 Å². The van der Waals surface area contributed by atoms with Crippen LogP contribution in [0.4, 0.5) is 14.5 Å². The van der Waals surface area contributed by atoms with Crippen LogP contribution in [0.15, 0.2) is 40.7 Å². The zero-order chi connectivity index (χ0) is 21.6. The summed E-state index contributed by atoms with van der Waals surface area (Å²) < 4.78 is 27.3. The van der Waals surface area contributed by atoms with Crippen LogP contribution < -0.4 is 15.5 Å². The molecule has 3 heterocycles. The van der Waals surface area contributed by atoms with E-state index in [1.54, 1.807) is 7.05 Å². The molecule has 4 rings (SSSR count). The predicted octanol–water partition coefficient (Wildman–Crippen LogP) is 3.68. The number of hydrogen-bond acceptors (Lipinski definition) is 4. The lowest BCUT2D eigenvalue weighted by atomic mass is 9.97. The third-order valence-electron chi connectivity index (χ3n) is 6.23. The van der Waals surface area contributed by atoms with E-state index in [0.717, 1.165) is 51.2 Å². The largest absolute Gasteiger partial charge is 0.367 e. The number of benzene rings is 1. The summed E-state index contributed by atoms with van der Waals surface area (Å²) in [4.78, 5) is 10.3. The molecule has 2 N–H and O–H groups in total. The number of thiophene rings is 1.